The van der Waals surface area contributed by atoms with Gasteiger partial charge < -0.3 is 14.2 Å². The summed E-state index contributed by atoms with van der Waals surface area (Å²) in [5.41, 5.74) is 16.5. The zero-order valence-electron chi connectivity index (χ0n) is 32.4. The Labute approximate surface area is 338 Å². The van der Waals surface area contributed by atoms with Gasteiger partial charge in [0, 0.05) is 44.7 Å². The largest absolute Gasteiger partial charge is 0.454 e. The zero-order chi connectivity index (χ0) is 38.5. The van der Waals surface area contributed by atoms with Gasteiger partial charge in [-0.15, -0.1) is 0 Å². The molecule has 12 rings (SSSR count). The fourth-order valence-electron chi connectivity index (χ4n) is 10.3. The topological polar surface area (TPSA) is 19.6 Å². The number of fused-ring (bicyclic) bond motifs is 11. The van der Waals surface area contributed by atoms with Crippen molar-refractivity contribution in [3.8, 4) is 11.1 Å². The Morgan fingerprint density at radius 1 is 0.603 bits per heavy atom. The molecule has 0 spiro atoms. The summed E-state index contributed by atoms with van der Waals surface area (Å²) < 4.78 is 6.91. The van der Waals surface area contributed by atoms with Gasteiger partial charge in [0.05, 0.1) is 17.4 Å². The summed E-state index contributed by atoms with van der Waals surface area (Å²) in [7, 11) is 0. The molecule has 276 valence electrons. The molecule has 2 atom stereocenters. The summed E-state index contributed by atoms with van der Waals surface area (Å²) in [5.74, 6) is 0.254. The van der Waals surface area contributed by atoms with Crippen LogP contribution in [0.1, 0.15) is 42.0 Å². The molecule has 0 saturated heterocycles. The number of hydrogen-bond donors (Lipinski definition) is 0. The maximum absolute atomic E-state index is 6.91. The number of furan rings is 1. The molecule has 2 unspecified atom stereocenters. The van der Waals surface area contributed by atoms with Crippen LogP contribution in [0.15, 0.2) is 199 Å². The van der Waals surface area contributed by atoms with Crippen molar-refractivity contribution in [3.63, 3.8) is 0 Å². The molecule has 8 aromatic carbocycles. The van der Waals surface area contributed by atoms with E-state index in [1.165, 1.54) is 61.1 Å². The lowest BCUT2D eigenvalue weighted by molar-refractivity contribution is 0.660. The van der Waals surface area contributed by atoms with Crippen molar-refractivity contribution in [2.24, 2.45) is 0 Å². The summed E-state index contributed by atoms with van der Waals surface area (Å²) in [5, 5.41) is 4.69. The Morgan fingerprint density at radius 2 is 1.33 bits per heavy atom. The van der Waals surface area contributed by atoms with Gasteiger partial charge in [0.1, 0.15) is 5.58 Å². The predicted octanol–water partition coefficient (Wildman–Crippen LogP) is 14.8. The SMILES string of the molecule is CC1(C)c2ccccc2-c2c(N(c3ccc(C4=CC5c6ccccc6N(c6ccccc6)C5C=C4)cc3)c3cccc4c3oc3ccc5ccccc5c34)cccc21. The van der Waals surface area contributed by atoms with Gasteiger partial charge in [0.25, 0.3) is 0 Å². The highest BCUT2D eigenvalue weighted by atomic mass is 16.3. The van der Waals surface area contributed by atoms with E-state index >= 15 is 0 Å². The molecule has 0 amide bonds. The molecule has 1 aliphatic heterocycles. The molecule has 3 heteroatoms. The summed E-state index contributed by atoms with van der Waals surface area (Å²) in [6.45, 7) is 4.70. The van der Waals surface area contributed by atoms with E-state index in [4.69, 9.17) is 4.42 Å². The summed E-state index contributed by atoms with van der Waals surface area (Å²) in [6.07, 6.45) is 7.19. The molecular weight excluding hydrogens is 705 g/mol. The molecule has 0 fully saturated rings. The van der Waals surface area contributed by atoms with Gasteiger partial charge in [-0.3, -0.25) is 0 Å². The Kier molecular flexibility index (Phi) is 7.10. The lowest BCUT2D eigenvalue weighted by Crippen LogP contribution is -2.28. The normalized spacial score (nSPS) is 17.3. The minimum atomic E-state index is -0.131. The second-order valence-corrected chi connectivity index (χ2v) is 16.4. The van der Waals surface area contributed by atoms with Crippen LogP contribution in [0.3, 0.4) is 0 Å². The highest BCUT2D eigenvalue weighted by Gasteiger charge is 2.39. The first-order valence-corrected chi connectivity index (χ1v) is 20.3. The quantitative estimate of drug-likeness (QED) is 0.175. The molecule has 2 heterocycles. The van der Waals surface area contributed by atoms with Gasteiger partial charge in [-0.2, -0.15) is 0 Å². The number of benzene rings is 8. The minimum Gasteiger partial charge on any atom is -0.454 e. The molecule has 0 saturated carbocycles. The first kappa shape index (κ1) is 33.1. The van der Waals surface area contributed by atoms with Crippen LogP contribution in [0.25, 0.3) is 49.4 Å². The van der Waals surface area contributed by atoms with Crippen molar-refractivity contribution in [2.75, 3.05) is 9.80 Å². The van der Waals surface area contributed by atoms with Crippen molar-refractivity contribution in [1.82, 2.24) is 0 Å². The molecule has 0 radical (unpaired) electrons. The van der Waals surface area contributed by atoms with Crippen molar-refractivity contribution >= 4 is 66.7 Å². The fraction of sp³-hybridized carbons (Fsp3) is 0.0909. The number of anilines is 5. The van der Waals surface area contributed by atoms with Crippen LogP contribution in [0.5, 0.6) is 0 Å². The fourth-order valence-corrected chi connectivity index (χ4v) is 10.3. The Hall–Kier alpha value is -7.10. The lowest BCUT2D eigenvalue weighted by Gasteiger charge is -2.30. The number of allylic oxidation sites excluding steroid dienone is 2. The average molecular weight is 745 g/mol. The van der Waals surface area contributed by atoms with Crippen LogP contribution in [0.2, 0.25) is 0 Å². The Balaban J connectivity index is 1.02. The molecule has 1 aromatic heterocycles. The first-order valence-electron chi connectivity index (χ1n) is 20.3. The van der Waals surface area contributed by atoms with E-state index in [9.17, 15) is 0 Å². The molecule has 0 N–H and O–H groups in total. The van der Waals surface area contributed by atoms with E-state index in [1.54, 1.807) is 0 Å². The van der Waals surface area contributed by atoms with E-state index in [2.05, 4.69) is 218 Å². The number of para-hydroxylation sites is 3. The van der Waals surface area contributed by atoms with Crippen LogP contribution in [0, 0.1) is 0 Å². The molecular formula is C55H40N2O. The maximum atomic E-state index is 6.91. The van der Waals surface area contributed by atoms with Gasteiger partial charge in [-0.05, 0) is 92.7 Å². The third kappa shape index (κ3) is 4.74. The van der Waals surface area contributed by atoms with E-state index in [-0.39, 0.29) is 17.4 Å². The van der Waals surface area contributed by atoms with Gasteiger partial charge in [-0.1, -0.05) is 159 Å². The first-order chi connectivity index (χ1) is 28.5. The monoisotopic (exact) mass is 744 g/mol. The molecule has 0 bridgehead atoms. The van der Waals surface area contributed by atoms with E-state index in [0.29, 0.717) is 0 Å². The number of rotatable bonds is 5. The predicted molar refractivity (Wildman–Crippen MR) is 242 cm³/mol. The molecule has 9 aromatic rings. The van der Waals surface area contributed by atoms with Crippen LogP contribution in [0.4, 0.5) is 28.4 Å². The standard InChI is InChI=1S/C55H40N2O/c1-55(2)45-21-10-8-19-42(45)53-46(55)22-13-24-49(53)57(50-25-12-20-43-52-40-17-7-6-14-36(40)29-33-51(52)58-54(43)50)39-30-26-35(27-31-39)37-28-32-48-44(34-37)41-18-9-11-23-47(41)56(48)38-15-4-3-5-16-38/h3-34,44,48H,1-2H3. The molecule has 58 heavy (non-hydrogen) atoms. The van der Waals surface area contributed by atoms with Crippen LogP contribution < -0.4 is 9.80 Å². The maximum Gasteiger partial charge on any atom is 0.159 e. The molecule has 3 nitrogen and oxygen atoms in total. The van der Waals surface area contributed by atoms with Crippen molar-refractivity contribution in [1.29, 1.82) is 0 Å². The Bertz CT molecular complexity index is 3170. The third-order valence-corrected chi connectivity index (χ3v) is 13.0. The molecule has 3 aliphatic rings. The Morgan fingerprint density at radius 3 is 2.22 bits per heavy atom. The smallest absolute Gasteiger partial charge is 0.159 e. The van der Waals surface area contributed by atoms with E-state index in [0.717, 1.165) is 39.0 Å². The van der Waals surface area contributed by atoms with Gasteiger partial charge in [-0.25, -0.2) is 0 Å². The van der Waals surface area contributed by atoms with Crippen LogP contribution in [-0.4, -0.2) is 6.04 Å². The highest BCUT2D eigenvalue weighted by Crippen LogP contribution is 2.55. The lowest BCUT2D eigenvalue weighted by atomic mass is 9.82. The molecule has 2 aliphatic carbocycles. The van der Waals surface area contributed by atoms with Gasteiger partial charge in [0.15, 0.2) is 5.58 Å². The van der Waals surface area contributed by atoms with E-state index < -0.39 is 0 Å². The van der Waals surface area contributed by atoms with Crippen molar-refractivity contribution < 1.29 is 4.42 Å². The minimum absolute atomic E-state index is 0.131. The number of nitrogens with zero attached hydrogens (tertiary/aromatic N) is 2. The zero-order valence-corrected chi connectivity index (χ0v) is 32.4. The third-order valence-electron chi connectivity index (χ3n) is 13.0. The highest BCUT2D eigenvalue weighted by molar-refractivity contribution is 6.21. The van der Waals surface area contributed by atoms with Crippen LogP contribution in [-0.2, 0) is 5.41 Å². The van der Waals surface area contributed by atoms with E-state index in [1.807, 2.05) is 0 Å². The summed E-state index contributed by atoms with van der Waals surface area (Å²) >= 11 is 0. The van der Waals surface area contributed by atoms with Crippen molar-refractivity contribution in [2.45, 2.75) is 31.2 Å². The van der Waals surface area contributed by atoms with Gasteiger partial charge in [0.2, 0.25) is 0 Å². The number of hydrogen-bond acceptors (Lipinski definition) is 3. The van der Waals surface area contributed by atoms with Gasteiger partial charge >= 0.3 is 0 Å². The summed E-state index contributed by atoms with van der Waals surface area (Å²) in [4.78, 5) is 4.92. The second-order valence-electron chi connectivity index (χ2n) is 16.4. The van der Waals surface area contributed by atoms with Crippen molar-refractivity contribution in [3.05, 3.63) is 216 Å². The second kappa shape index (κ2) is 12.4. The average Bonchev–Trinajstić information content (AvgIpc) is 3.91. The summed E-state index contributed by atoms with van der Waals surface area (Å²) in [6, 6.07) is 64.3. The van der Waals surface area contributed by atoms with Crippen LogP contribution >= 0.6 is 0 Å².